The molecule has 0 aliphatic heterocycles. The molecule has 0 aromatic carbocycles. The second kappa shape index (κ2) is 5.86. The molecule has 16 heavy (non-hydrogen) atoms. The highest BCUT2D eigenvalue weighted by Crippen LogP contribution is 2.20. The van der Waals surface area contributed by atoms with Crippen LogP contribution in [0.15, 0.2) is 6.20 Å². The van der Waals surface area contributed by atoms with Gasteiger partial charge in [0, 0.05) is 6.54 Å². The Bertz CT molecular complexity index is 347. The van der Waals surface area contributed by atoms with Crippen LogP contribution < -0.4 is 10.1 Å². The molecule has 0 spiro atoms. The van der Waals surface area contributed by atoms with Gasteiger partial charge in [0.15, 0.2) is 5.82 Å². The number of aromatic nitrogens is 2. The molecule has 0 radical (unpaired) electrons. The van der Waals surface area contributed by atoms with Gasteiger partial charge in [-0.2, -0.15) is 4.98 Å². The Morgan fingerprint density at radius 2 is 2.25 bits per heavy atom. The molecule has 6 heteroatoms. The fourth-order valence-electron chi connectivity index (χ4n) is 1.01. The summed E-state index contributed by atoms with van der Waals surface area (Å²) in [6.07, 6.45) is 1.01. The maximum atomic E-state index is 9.62. The Labute approximate surface area is 99.8 Å². The van der Waals surface area contributed by atoms with E-state index in [-0.39, 0.29) is 11.9 Å². The molecule has 1 aromatic heterocycles. The van der Waals surface area contributed by atoms with E-state index in [9.17, 15) is 5.11 Å². The zero-order valence-electron chi connectivity index (χ0n) is 9.57. The lowest BCUT2D eigenvalue weighted by Gasteiger charge is -2.16. The van der Waals surface area contributed by atoms with Gasteiger partial charge < -0.3 is 15.2 Å². The first-order valence-electron chi connectivity index (χ1n) is 5.03. The summed E-state index contributed by atoms with van der Waals surface area (Å²) in [5.41, 5.74) is 0. The molecular weight excluding hydrogens is 230 g/mol. The minimum absolute atomic E-state index is 0.176. The van der Waals surface area contributed by atoms with Crippen molar-refractivity contribution >= 4 is 17.4 Å². The number of hydrogen-bond donors (Lipinski definition) is 2. The molecule has 2 N–H and O–H groups in total. The molecule has 0 bridgehead atoms. The van der Waals surface area contributed by atoms with Crippen LogP contribution in [-0.4, -0.2) is 34.8 Å². The predicted octanol–water partition coefficient (Wildman–Crippen LogP) is 1.57. The number of aliphatic hydroxyl groups excluding tert-OH is 1. The summed E-state index contributed by atoms with van der Waals surface area (Å²) >= 11 is 5.89. The third-order valence-electron chi connectivity index (χ3n) is 2.15. The highest BCUT2D eigenvalue weighted by atomic mass is 35.5. The van der Waals surface area contributed by atoms with Gasteiger partial charge in [-0.25, -0.2) is 4.98 Å². The van der Waals surface area contributed by atoms with Crippen molar-refractivity contribution in [2.45, 2.75) is 20.0 Å². The molecule has 0 saturated carbocycles. The number of aliphatic hydroxyl groups is 1. The van der Waals surface area contributed by atoms with E-state index in [0.717, 1.165) is 0 Å². The standard InChI is InChI=1S/C10H16ClN3O2/c1-6(2)8(15)5-12-9-7(11)4-13-10(14-9)16-3/h4,6,8,15H,5H2,1-3H3,(H,12,13,14). The van der Waals surface area contributed by atoms with Gasteiger partial charge in [-0.15, -0.1) is 0 Å². The van der Waals surface area contributed by atoms with E-state index in [4.69, 9.17) is 16.3 Å². The predicted molar refractivity (Wildman–Crippen MR) is 62.9 cm³/mol. The van der Waals surface area contributed by atoms with E-state index in [1.165, 1.54) is 13.3 Å². The van der Waals surface area contributed by atoms with Crippen LogP contribution in [0.2, 0.25) is 5.02 Å². The number of anilines is 1. The molecule has 5 nitrogen and oxygen atoms in total. The summed E-state index contributed by atoms with van der Waals surface area (Å²) in [7, 11) is 1.48. The quantitative estimate of drug-likeness (QED) is 0.824. The van der Waals surface area contributed by atoms with Gasteiger partial charge in [0.25, 0.3) is 0 Å². The normalized spacial score (nSPS) is 12.6. The number of halogens is 1. The van der Waals surface area contributed by atoms with Crippen molar-refractivity contribution in [1.29, 1.82) is 0 Å². The van der Waals surface area contributed by atoms with Crippen LogP contribution >= 0.6 is 11.6 Å². The Hall–Kier alpha value is -1.07. The second-order valence-corrected chi connectivity index (χ2v) is 4.15. The highest BCUT2D eigenvalue weighted by molar-refractivity contribution is 6.32. The Kier molecular flexibility index (Phi) is 4.76. The van der Waals surface area contributed by atoms with Crippen LogP contribution in [0, 0.1) is 5.92 Å². The molecule has 1 aromatic rings. The summed E-state index contributed by atoms with van der Waals surface area (Å²) < 4.78 is 4.88. The fourth-order valence-corrected chi connectivity index (χ4v) is 1.17. The maximum absolute atomic E-state index is 9.62. The average molecular weight is 246 g/mol. The monoisotopic (exact) mass is 245 g/mol. The lowest BCUT2D eigenvalue weighted by Crippen LogP contribution is -2.25. The van der Waals surface area contributed by atoms with Gasteiger partial charge >= 0.3 is 6.01 Å². The van der Waals surface area contributed by atoms with Crippen molar-refractivity contribution in [1.82, 2.24) is 9.97 Å². The lowest BCUT2D eigenvalue weighted by molar-refractivity contribution is 0.138. The Morgan fingerprint density at radius 1 is 1.56 bits per heavy atom. The molecule has 1 unspecified atom stereocenters. The molecule has 1 atom stereocenters. The molecule has 0 aliphatic rings. The van der Waals surface area contributed by atoms with Gasteiger partial charge in [0.1, 0.15) is 5.02 Å². The zero-order valence-corrected chi connectivity index (χ0v) is 10.3. The summed E-state index contributed by atoms with van der Waals surface area (Å²) in [5.74, 6) is 0.642. The number of ether oxygens (including phenoxy) is 1. The summed E-state index contributed by atoms with van der Waals surface area (Å²) in [6, 6.07) is 0.242. The van der Waals surface area contributed by atoms with Crippen molar-refractivity contribution in [3.8, 4) is 6.01 Å². The van der Waals surface area contributed by atoms with E-state index in [0.29, 0.717) is 17.4 Å². The average Bonchev–Trinajstić information content (AvgIpc) is 2.27. The second-order valence-electron chi connectivity index (χ2n) is 3.75. The van der Waals surface area contributed by atoms with Crippen molar-refractivity contribution in [2.24, 2.45) is 5.92 Å². The molecule has 0 amide bonds. The van der Waals surface area contributed by atoms with Crippen molar-refractivity contribution in [3.63, 3.8) is 0 Å². The Balaban J connectivity index is 2.65. The van der Waals surface area contributed by atoms with Gasteiger partial charge in [0.05, 0.1) is 19.4 Å². The van der Waals surface area contributed by atoms with Crippen molar-refractivity contribution < 1.29 is 9.84 Å². The maximum Gasteiger partial charge on any atom is 0.318 e. The van der Waals surface area contributed by atoms with Gasteiger partial charge in [-0.3, -0.25) is 0 Å². The minimum atomic E-state index is -0.447. The summed E-state index contributed by atoms with van der Waals surface area (Å²) in [4.78, 5) is 7.89. The van der Waals surface area contributed by atoms with Crippen LogP contribution in [0.4, 0.5) is 5.82 Å². The molecule has 0 fully saturated rings. The first kappa shape index (κ1) is 13.0. The first-order chi connectivity index (χ1) is 7.54. The Morgan fingerprint density at radius 3 is 2.81 bits per heavy atom. The minimum Gasteiger partial charge on any atom is -0.467 e. The number of hydrogen-bond acceptors (Lipinski definition) is 5. The molecule has 0 aliphatic carbocycles. The van der Waals surface area contributed by atoms with E-state index >= 15 is 0 Å². The SMILES string of the molecule is COc1ncc(Cl)c(NCC(O)C(C)C)n1. The smallest absolute Gasteiger partial charge is 0.318 e. The number of nitrogens with zero attached hydrogens (tertiary/aromatic N) is 2. The summed E-state index contributed by atoms with van der Waals surface area (Å²) in [6.45, 7) is 4.26. The summed E-state index contributed by atoms with van der Waals surface area (Å²) in [5, 5.41) is 13.0. The largest absolute Gasteiger partial charge is 0.467 e. The molecule has 0 saturated heterocycles. The van der Waals surface area contributed by atoms with E-state index in [2.05, 4.69) is 15.3 Å². The van der Waals surface area contributed by atoms with E-state index in [1.54, 1.807) is 0 Å². The molecule has 1 heterocycles. The lowest BCUT2D eigenvalue weighted by atomic mass is 10.1. The topological polar surface area (TPSA) is 67.3 Å². The number of rotatable bonds is 5. The highest BCUT2D eigenvalue weighted by Gasteiger charge is 2.11. The van der Waals surface area contributed by atoms with E-state index in [1.807, 2.05) is 13.8 Å². The third-order valence-corrected chi connectivity index (χ3v) is 2.43. The van der Waals surface area contributed by atoms with E-state index < -0.39 is 6.10 Å². The molecular formula is C10H16ClN3O2. The first-order valence-corrected chi connectivity index (χ1v) is 5.41. The van der Waals surface area contributed by atoms with Crippen LogP contribution in [0.1, 0.15) is 13.8 Å². The van der Waals surface area contributed by atoms with Crippen LogP contribution in [-0.2, 0) is 0 Å². The van der Waals surface area contributed by atoms with Crippen molar-refractivity contribution in [3.05, 3.63) is 11.2 Å². The van der Waals surface area contributed by atoms with Crippen LogP contribution in [0.5, 0.6) is 6.01 Å². The van der Waals surface area contributed by atoms with Gasteiger partial charge in [0.2, 0.25) is 0 Å². The third kappa shape index (κ3) is 3.50. The molecule has 1 rings (SSSR count). The van der Waals surface area contributed by atoms with Crippen LogP contribution in [0.3, 0.4) is 0 Å². The van der Waals surface area contributed by atoms with Gasteiger partial charge in [-0.05, 0) is 5.92 Å². The van der Waals surface area contributed by atoms with Gasteiger partial charge in [-0.1, -0.05) is 25.4 Å². The van der Waals surface area contributed by atoms with Crippen molar-refractivity contribution in [2.75, 3.05) is 19.0 Å². The van der Waals surface area contributed by atoms with Crippen LogP contribution in [0.25, 0.3) is 0 Å². The number of nitrogens with one attached hydrogen (secondary N) is 1. The fraction of sp³-hybridized carbons (Fsp3) is 0.600. The molecule has 90 valence electrons. The number of methoxy groups -OCH3 is 1. The zero-order chi connectivity index (χ0) is 12.1.